The number of carbonyl (C=O) groups is 1. The summed E-state index contributed by atoms with van der Waals surface area (Å²) in [5, 5.41) is 13.6. The molecule has 148 valence electrons. The average Bonchev–Trinajstić information content (AvgIpc) is 2.63. The standard InChI is InChI=1S/C23H39NO2/c1-4-7-9-11-12-13-14-15-16-18-22(25)24-21-23(26,19-6-3)20-17-10-8-5-2/h4,7,9,11-13,16,18,26H,5-6,8,10,14-15,17,19-21H2,1-3H3,(H,24,25). The molecule has 0 spiro atoms. The SMILES string of the molecule is CC=CC=CC=CCCC=CC(=O)NCC(O)(CCC)CCCCCC. The van der Waals surface area contributed by atoms with E-state index < -0.39 is 5.60 Å². The highest BCUT2D eigenvalue weighted by atomic mass is 16.3. The number of carbonyl (C=O) groups excluding carboxylic acids is 1. The average molecular weight is 362 g/mol. The molecule has 0 aromatic rings. The lowest BCUT2D eigenvalue weighted by atomic mass is 9.91. The van der Waals surface area contributed by atoms with Gasteiger partial charge in [-0.15, -0.1) is 0 Å². The Morgan fingerprint density at radius 1 is 0.923 bits per heavy atom. The Labute approximate surface area is 161 Å². The lowest BCUT2D eigenvalue weighted by Crippen LogP contribution is -2.42. The van der Waals surface area contributed by atoms with Crippen LogP contribution in [0.1, 0.15) is 78.6 Å². The Hall–Kier alpha value is -1.61. The summed E-state index contributed by atoms with van der Waals surface area (Å²) in [5.74, 6) is -0.120. The van der Waals surface area contributed by atoms with E-state index >= 15 is 0 Å². The first-order valence-corrected chi connectivity index (χ1v) is 10.2. The van der Waals surface area contributed by atoms with Gasteiger partial charge in [-0.1, -0.05) is 88.5 Å². The predicted octanol–water partition coefficient (Wildman–Crippen LogP) is 5.63. The van der Waals surface area contributed by atoms with Crippen LogP contribution in [0.2, 0.25) is 0 Å². The lowest BCUT2D eigenvalue weighted by Gasteiger charge is -2.28. The Bertz CT molecular complexity index is 463. The maximum Gasteiger partial charge on any atom is 0.243 e. The number of unbranched alkanes of at least 4 members (excludes halogenated alkanes) is 4. The van der Waals surface area contributed by atoms with E-state index in [0.717, 1.165) is 44.9 Å². The van der Waals surface area contributed by atoms with Crippen molar-refractivity contribution < 1.29 is 9.90 Å². The first kappa shape index (κ1) is 24.4. The minimum atomic E-state index is -0.770. The molecule has 1 unspecified atom stereocenters. The summed E-state index contributed by atoms with van der Waals surface area (Å²) in [7, 11) is 0. The number of rotatable bonds is 15. The minimum Gasteiger partial charge on any atom is -0.388 e. The smallest absolute Gasteiger partial charge is 0.243 e. The Balaban J connectivity index is 4.10. The summed E-state index contributed by atoms with van der Waals surface area (Å²) >= 11 is 0. The van der Waals surface area contributed by atoms with Gasteiger partial charge in [0.25, 0.3) is 0 Å². The van der Waals surface area contributed by atoms with Gasteiger partial charge in [-0.3, -0.25) is 4.79 Å². The summed E-state index contributed by atoms with van der Waals surface area (Å²) in [6.45, 7) is 6.58. The van der Waals surface area contributed by atoms with Gasteiger partial charge in [0, 0.05) is 6.54 Å². The van der Waals surface area contributed by atoms with Crippen LogP contribution in [0.3, 0.4) is 0 Å². The molecule has 0 aromatic heterocycles. The van der Waals surface area contributed by atoms with Crippen LogP contribution in [-0.4, -0.2) is 23.2 Å². The molecule has 2 N–H and O–H groups in total. The minimum absolute atomic E-state index is 0.120. The first-order valence-electron chi connectivity index (χ1n) is 10.2. The van der Waals surface area contributed by atoms with Crippen molar-refractivity contribution in [2.75, 3.05) is 6.54 Å². The molecule has 0 saturated carbocycles. The number of aliphatic hydroxyl groups is 1. The van der Waals surface area contributed by atoms with Gasteiger partial charge in [-0.05, 0) is 38.7 Å². The lowest BCUT2D eigenvalue weighted by molar-refractivity contribution is -0.118. The van der Waals surface area contributed by atoms with Gasteiger partial charge in [0.1, 0.15) is 0 Å². The molecular formula is C23H39NO2. The van der Waals surface area contributed by atoms with Gasteiger partial charge in [0.2, 0.25) is 5.91 Å². The number of hydrogen-bond acceptors (Lipinski definition) is 2. The summed E-state index contributed by atoms with van der Waals surface area (Å²) in [4.78, 5) is 11.9. The zero-order valence-electron chi connectivity index (χ0n) is 17.0. The summed E-state index contributed by atoms with van der Waals surface area (Å²) in [6.07, 6.45) is 24.2. The van der Waals surface area contributed by atoms with Crippen LogP contribution in [-0.2, 0) is 4.79 Å². The molecule has 0 aliphatic heterocycles. The molecule has 1 atom stereocenters. The third-order valence-corrected chi connectivity index (χ3v) is 4.23. The highest BCUT2D eigenvalue weighted by Gasteiger charge is 2.25. The Morgan fingerprint density at radius 2 is 1.65 bits per heavy atom. The largest absolute Gasteiger partial charge is 0.388 e. The quantitative estimate of drug-likeness (QED) is 0.226. The molecule has 0 fully saturated rings. The highest BCUT2D eigenvalue weighted by Crippen LogP contribution is 2.20. The summed E-state index contributed by atoms with van der Waals surface area (Å²) in [5.41, 5.74) is -0.770. The van der Waals surface area contributed by atoms with E-state index in [9.17, 15) is 9.90 Å². The Kier molecular flexibility index (Phi) is 15.8. The number of amides is 1. The maximum atomic E-state index is 11.9. The van der Waals surface area contributed by atoms with E-state index in [-0.39, 0.29) is 5.91 Å². The Morgan fingerprint density at radius 3 is 2.35 bits per heavy atom. The van der Waals surface area contributed by atoms with E-state index in [2.05, 4.69) is 25.2 Å². The van der Waals surface area contributed by atoms with E-state index in [4.69, 9.17) is 0 Å². The van der Waals surface area contributed by atoms with Crippen LogP contribution in [0.5, 0.6) is 0 Å². The molecule has 0 rings (SSSR count). The molecule has 0 aromatic carbocycles. The van der Waals surface area contributed by atoms with Crippen LogP contribution in [0.4, 0.5) is 0 Å². The first-order chi connectivity index (χ1) is 12.6. The monoisotopic (exact) mass is 361 g/mol. The maximum absolute atomic E-state index is 11.9. The predicted molar refractivity (Wildman–Crippen MR) is 113 cm³/mol. The third kappa shape index (κ3) is 14.7. The van der Waals surface area contributed by atoms with Gasteiger partial charge in [0.15, 0.2) is 0 Å². The molecule has 0 bridgehead atoms. The summed E-state index contributed by atoms with van der Waals surface area (Å²) < 4.78 is 0. The number of nitrogens with one attached hydrogen (secondary N) is 1. The van der Waals surface area contributed by atoms with Crippen LogP contribution >= 0.6 is 0 Å². The van der Waals surface area contributed by atoms with Crippen molar-refractivity contribution in [1.82, 2.24) is 5.32 Å². The second kappa shape index (κ2) is 16.8. The molecule has 3 nitrogen and oxygen atoms in total. The fraction of sp³-hybridized carbons (Fsp3) is 0.609. The highest BCUT2D eigenvalue weighted by molar-refractivity contribution is 5.87. The second-order valence-electron chi connectivity index (χ2n) is 6.82. The third-order valence-electron chi connectivity index (χ3n) is 4.23. The van der Waals surface area contributed by atoms with Crippen molar-refractivity contribution >= 4 is 5.91 Å². The van der Waals surface area contributed by atoms with Crippen molar-refractivity contribution in [3.8, 4) is 0 Å². The van der Waals surface area contributed by atoms with Crippen LogP contribution in [0, 0.1) is 0 Å². The van der Waals surface area contributed by atoms with E-state index in [0.29, 0.717) is 6.54 Å². The molecular weight excluding hydrogens is 322 g/mol. The van der Waals surface area contributed by atoms with Gasteiger partial charge >= 0.3 is 0 Å². The fourth-order valence-electron chi connectivity index (χ4n) is 2.76. The van der Waals surface area contributed by atoms with Crippen molar-refractivity contribution in [2.24, 2.45) is 0 Å². The van der Waals surface area contributed by atoms with Crippen LogP contribution in [0.15, 0.2) is 48.6 Å². The number of hydrogen-bond donors (Lipinski definition) is 2. The zero-order valence-corrected chi connectivity index (χ0v) is 17.0. The molecule has 0 aliphatic rings. The molecule has 0 radical (unpaired) electrons. The van der Waals surface area contributed by atoms with Crippen molar-refractivity contribution in [1.29, 1.82) is 0 Å². The van der Waals surface area contributed by atoms with E-state index in [1.807, 2.05) is 43.4 Å². The zero-order chi connectivity index (χ0) is 19.5. The molecule has 0 heterocycles. The normalized spacial score (nSPS) is 14.8. The topological polar surface area (TPSA) is 49.3 Å². The molecule has 0 saturated heterocycles. The number of allylic oxidation sites excluding steroid dienone is 7. The molecule has 3 heteroatoms. The van der Waals surface area contributed by atoms with Crippen LogP contribution in [0.25, 0.3) is 0 Å². The fourth-order valence-corrected chi connectivity index (χ4v) is 2.76. The van der Waals surface area contributed by atoms with Gasteiger partial charge in [0.05, 0.1) is 5.60 Å². The van der Waals surface area contributed by atoms with E-state index in [1.54, 1.807) is 6.08 Å². The van der Waals surface area contributed by atoms with Crippen LogP contribution < -0.4 is 5.32 Å². The summed E-state index contributed by atoms with van der Waals surface area (Å²) in [6, 6.07) is 0. The van der Waals surface area contributed by atoms with Crippen molar-refractivity contribution in [3.63, 3.8) is 0 Å². The van der Waals surface area contributed by atoms with Gasteiger partial charge in [-0.25, -0.2) is 0 Å². The molecule has 26 heavy (non-hydrogen) atoms. The molecule has 1 amide bonds. The van der Waals surface area contributed by atoms with Crippen molar-refractivity contribution in [2.45, 2.75) is 84.2 Å². The second-order valence-corrected chi connectivity index (χ2v) is 6.82. The van der Waals surface area contributed by atoms with E-state index in [1.165, 1.54) is 12.8 Å². The van der Waals surface area contributed by atoms with Crippen molar-refractivity contribution in [3.05, 3.63) is 48.6 Å². The van der Waals surface area contributed by atoms with Gasteiger partial charge in [-0.2, -0.15) is 0 Å². The molecule has 0 aliphatic carbocycles. The van der Waals surface area contributed by atoms with Gasteiger partial charge < -0.3 is 10.4 Å².